The van der Waals surface area contributed by atoms with E-state index in [9.17, 15) is 0 Å². The van der Waals surface area contributed by atoms with Crippen LogP contribution < -0.4 is 0 Å². The molecule has 0 spiro atoms. The van der Waals surface area contributed by atoms with Crippen molar-refractivity contribution >= 4 is 27.5 Å². The maximum Gasteiger partial charge on any atom is 0.0997 e. The van der Waals surface area contributed by atoms with E-state index in [0.29, 0.717) is 0 Å². The van der Waals surface area contributed by atoms with E-state index >= 15 is 0 Å². The van der Waals surface area contributed by atoms with Crippen LogP contribution in [0.5, 0.6) is 0 Å². The van der Waals surface area contributed by atoms with E-state index in [1.165, 1.54) is 33.0 Å². The molecule has 126 valence electrons. The largest absolute Gasteiger partial charge is 0.232 e. The smallest absolute Gasteiger partial charge is 0.0997 e. The van der Waals surface area contributed by atoms with Crippen LogP contribution >= 0.6 is 0 Å². The lowest BCUT2D eigenvalue weighted by molar-refractivity contribution is 0.968. The van der Waals surface area contributed by atoms with Gasteiger partial charge in [0.1, 0.15) is 0 Å². The summed E-state index contributed by atoms with van der Waals surface area (Å²) in [4.78, 5) is 0. The van der Waals surface area contributed by atoms with E-state index < -0.39 is 0 Å². The first kappa shape index (κ1) is 14.5. The zero-order valence-electron chi connectivity index (χ0n) is 14.6. The molecule has 0 saturated heterocycles. The molecule has 0 bridgehead atoms. The highest BCUT2D eigenvalue weighted by Gasteiger charge is 2.24. The fraction of sp³-hybridized carbons (Fsp3) is 0. The van der Waals surface area contributed by atoms with Gasteiger partial charge in [0.05, 0.1) is 16.7 Å². The molecule has 2 nitrogen and oxygen atoms in total. The first-order chi connectivity index (χ1) is 13.4. The second-order valence-electron chi connectivity index (χ2n) is 6.89. The Balaban J connectivity index is 1.73. The quantitative estimate of drug-likeness (QED) is 0.344. The van der Waals surface area contributed by atoms with E-state index in [-0.39, 0.29) is 0 Å². The lowest BCUT2D eigenvalue weighted by atomic mass is 10.1. The van der Waals surface area contributed by atoms with E-state index in [4.69, 9.17) is 5.10 Å². The van der Waals surface area contributed by atoms with Crippen LogP contribution in [0.4, 0.5) is 0 Å². The Labute approximate surface area is 157 Å². The monoisotopic (exact) mass is 344 g/mol. The van der Waals surface area contributed by atoms with Crippen LogP contribution in [0, 0.1) is 0 Å². The number of benzene rings is 4. The van der Waals surface area contributed by atoms with Crippen molar-refractivity contribution in [1.29, 1.82) is 0 Å². The lowest BCUT2D eigenvalue weighted by Crippen LogP contribution is -2.02. The van der Waals surface area contributed by atoms with Gasteiger partial charge >= 0.3 is 0 Å². The fourth-order valence-electron chi connectivity index (χ4n) is 4.21. The predicted molar refractivity (Wildman–Crippen MR) is 112 cm³/mol. The summed E-state index contributed by atoms with van der Waals surface area (Å²) in [7, 11) is 0. The van der Waals surface area contributed by atoms with Gasteiger partial charge in [-0.1, -0.05) is 84.9 Å². The summed E-state index contributed by atoms with van der Waals surface area (Å²) in [6.07, 6.45) is 0. The summed E-state index contributed by atoms with van der Waals surface area (Å²) in [6, 6.07) is 34.0. The summed E-state index contributed by atoms with van der Waals surface area (Å²) >= 11 is 0. The highest BCUT2D eigenvalue weighted by atomic mass is 15.4. The normalized spacial score (nSPS) is 12.4. The van der Waals surface area contributed by atoms with Crippen molar-refractivity contribution < 1.29 is 0 Å². The minimum atomic E-state index is 1.03. The number of para-hydroxylation sites is 2. The predicted octanol–water partition coefficient (Wildman–Crippen LogP) is 6.08. The minimum absolute atomic E-state index is 1.03. The number of aromatic nitrogens is 1. The molecule has 1 aliphatic carbocycles. The molecule has 0 unspecified atom stereocenters. The summed E-state index contributed by atoms with van der Waals surface area (Å²) < 4.78 is 2.10. The van der Waals surface area contributed by atoms with Crippen molar-refractivity contribution in [2.24, 2.45) is 5.10 Å². The van der Waals surface area contributed by atoms with Gasteiger partial charge in [-0.05, 0) is 23.3 Å². The Kier molecular flexibility index (Phi) is 2.91. The topological polar surface area (TPSA) is 17.3 Å². The zero-order chi connectivity index (χ0) is 17.8. The molecule has 5 aromatic rings. The lowest BCUT2D eigenvalue weighted by Gasteiger charge is -2.05. The Morgan fingerprint density at radius 1 is 0.444 bits per heavy atom. The standard InChI is InChI=1S/C25H16N2/c1-3-13-21-17(9-1)18-10-2-4-14-22(18)25(21)26-27-23-15-7-5-11-19(23)20-12-6-8-16-24(20)27/h1-16H. The molecule has 0 aliphatic heterocycles. The van der Waals surface area contributed by atoms with Crippen LogP contribution in [-0.2, 0) is 0 Å². The molecule has 0 saturated carbocycles. The summed E-state index contributed by atoms with van der Waals surface area (Å²) in [5, 5.41) is 7.66. The maximum absolute atomic E-state index is 5.19. The van der Waals surface area contributed by atoms with Crippen LogP contribution in [0.25, 0.3) is 32.9 Å². The van der Waals surface area contributed by atoms with Crippen LogP contribution in [0.2, 0.25) is 0 Å². The average molecular weight is 344 g/mol. The molecule has 0 amide bonds. The number of hydrogen-bond donors (Lipinski definition) is 0. The van der Waals surface area contributed by atoms with Crippen molar-refractivity contribution in [2.45, 2.75) is 0 Å². The Bertz CT molecular complexity index is 1270. The third-order valence-corrected chi connectivity index (χ3v) is 5.41. The SMILES string of the molecule is c1ccc2c(c1)C(=Nn1c3ccccc3c3ccccc31)c1ccccc1-2. The Morgan fingerprint density at radius 2 is 0.852 bits per heavy atom. The van der Waals surface area contributed by atoms with Crippen molar-refractivity contribution in [3.8, 4) is 11.1 Å². The second-order valence-corrected chi connectivity index (χ2v) is 6.89. The highest BCUT2D eigenvalue weighted by molar-refractivity contribution is 6.24. The van der Waals surface area contributed by atoms with Crippen molar-refractivity contribution in [2.75, 3.05) is 0 Å². The van der Waals surface area contributed by atoms with Gasteiger partial charge in [0.15, 0.2) is 0 Å². The van der Waals surface area contributed by atoms with Crippen molar-refractivity contribution in [3.05, 3.63) is 108 Å². The van der Waals surface area contributed by atoms with E-state index in [2.05, 4.69) is 102 Å². The molecule has 4 aromatic carbocycles. The molecule has 2 heteroatoms. The molecule has 0 fully saturated rings. The van der Waals surface area contributed by atoms with Crippen LogP contribution in [-0.4, -0.2) is 10.4 Å². The number of rotatable bonds is 1. The van der Waals surface area contributed by atoms with Gasteiger partial charge < -0.3 is 0 Å². The van der Waals surface area contributed by atoms with Gasteiger partial charge in [0.2, 0.25) is 0 Å². The third-order valence-electron chi connectivity index (χ3n) is 5.41. The van der Waals surface area contributed by atoms with E-state index in [1.807, 2.05) is 0 Å². The number of nitrogens with zero attached hydrogens (tertiary/aromatic N) is 2. The van der Waals surface area contributed by atoms with Gasteiger partial charge in [-0.3, -0.25) is 0 Å². The van der Waals surface area contributed by atoms with E-state index in [1.54, 1.807) is 0 Å². The molecule has 0 N–H and O–H groups in total. The molecule has 1 aromatic heterocycles. The summed E-state index contributed by atoms with van der Waals surface area (Å²) in [6.45, 7) is 0. The van der Waals surface area contributed by atoms with Gasteiger partial charge in [0, 0.05) is 21.9 Å². The van der Waals surface area contributed by atoms with Crippen molar-refractivity contribution in [1.82, 2.24) is 4.68 Å². The van der Waals surface area contributed by atoms with Gasteiger partial charge in [-0.2, -0.15) is 5.10 Å². The Morgan fingerprint density at radius 3 is 1.37 bits per heavy atom. The molecule has 6 rings (SSSR count). The minimum Gasteiger partial charge on any atom is -0.232 e. The van der Waals surface area contributed by atoms with E-state index in [0.717, 1.165) is 16.7 Å². The number of hydrogen-bond acceptors (Lipinski definition) is 1. The molecule has 27 heavy (non-hydrogen) atoms. The van der Waals surface area contributed by atoms with Gasteiger partial charge in [0.25, 0.3) is 0 Å². The zero-order valence-corrected chi connectivity index (χ0v) is 14.6. The number of fused-ring (bicyclic) bond motifs is 6. The first-order valence-electron chi connectivity index (χ1n) is 9.18. The van der Waals surface area contributed by atoms with Crippen LogP contribution in [0.15, 0.2) is 102 Å². The second kappa shape index (κ2) is 5.42. The van der Waals surface area contributed by atoms with Crippen LogP contribution in [0.1, 0.15) is 11.1 Å². The molecular weight excluding hydrogens is 328 g/mol. The van der Waals surface area contributed by atoms with Gasteiger partial charge in [-0.15, -0.1) is 0 Å². The fourth-order valence-corrected chi connectivity index (χ4v) is 4.21. The highest BCUT2D eigenvalue weighted by Crippen LogP contribution is 2.37. The van der Waals surface area contributed by atoms with Crippen molar-refractivity contribution in [3.63, 3.8) is 0 Å². The molecular formula is C25H16N2. The molecule has 1 aliphatic rings. The van der Waals surface area contributed by atoms with Crippen LogP contribution in [0.3, 0.4) is 0 Å². The Hall–Kier alpha value is -3.65. The molecule has 0 atom stereocenters. The molecule has 0 radical (unpaired) electrons. The van der Waals surface area contributed by atoms with Gasteiger partial charge in [-0.25, -0.2) is 4.68 Å². The average Bonchev–Trinajstić information content (AvgIpc) is 3.23. The summed E-state index contributed by atoms with van der Waals surface area (Å²) in [5.41, 5.74) is 8.20. The first-order valence-corrected chi connectivity index (χ1v) is 9.18. The third kappa shape index (κ3) is 1.98. The molecule has 1 heterocycles. The maximum atomic E-state index is 5.19. The summed E-state index contributed by atoms with van der Waals surface area (Å²) in [5.74, 6) is 0.